The Morgan fingerprint density at radius 3 is 2.37 bits per heavy atom. The Hall–Kier alpha value is -1.30. The van der Waals surface area contributed by atoms with Crippen LogP contribution >= 0.6 is 0 Å². The van der Waals surface area contributed by atoms with E-state index in [4.69, 9.17) is 4.74 Å². The highest BCUT2D eigenvalue weighted by atomic mass is 16.6. The van der Waals surface area contributed by atoms with Crippen molar-refractivity contribution >= 4 is 12.1 Å². The van der Waals surface area contributed by atoms with Crippen molar-refractivity contribution in [2.75, 3.05) is 0 Å². The standard InChI is InChI=1S/C13H21NO5/c1-12(2,3)19-11(18)14-8-5-7(6-9(8)15)13(14,4)10(16)17/h7-9,15H,5-6H2,1-4H3,(H,16,17)/t7-,8+,9+,13-/m0/s1. The summed E-state index contributed by atoms with van der Waals surface area (Å²) >= 11 is 0. The van der Waals surface area contributed by atoms with E-state index >= 15 is 0 Å². The second-order valence-corrected chi connectivity index (χ2v) is 6.61. The molecule has 1 amide bonds. The van der Waals surface area contributed by atoms with E-state index in [0.717, 1.165) is 0 Å². The number of amides is 1. The summed E-state index contributed by atoms with van der Waals surface area (Å²) in [7, 11) is 0. The van der Waals surface area contributed by atoms with Gasteiger partial charge in [0.2, 0.25) is 0 Å². The monoisotopic (exact) mass is 271 g/mol. The lowest BCUT2D eigenvalue weighted by atomic mass is 9.84. The molecule has 2 rings (SSSR count). The first kappa shape index (κ1) is 14.1. The minimum Gasteiger partial charge on any atom is -0.479 e. The van der Waals surface area contributed by atoms with Gasteiger partial charge in [0, 0.05) is 0 Å². The molecule has 2 bridgehead atoms. The van der Waals surface area contributed by atoms with Gasteiger partial charge in [0.15, 0.2) is 0 Å². The molecule has 2 fully saturated rings. The van der Waals surface area contributed by atoms with E-state index in [-0.39, 0.29) is 5.92 Å². The highest BCUT2D eigenvalue weighted by molar-refractivity contribution is 5.86. The lowest BCUT2D eigenvalue weighted by Gasteiger charge is -2.43. The fourth-order valence-corrected chi connectivity index (χ4v) is 3.18. The molecular formula is C13H21NO5. The van der Waals surface area contributed by atoms with E-state index in [1.54, 1.807) is 20.8 Å². The molecule has 0 aromatic rings. The number of carboxylic acids is 1. The van der Waals surface area contributed by atoms with Crippen LogP contribution in [0.1, 0.15) is 40.5 Å². The molecule has 1 aliphatic heterocycles. The van der Waals surface area contributed by atoms with Gasteiger partial charge in [-0.1, -0.05) is 0 Å². The fourth-order valence-electron chi connectivity index (χ4n) is 3.18. The first-order valence-corrected chi connectivity index (χ1v) is 6.51. The summed E-state index contributed by atoms with van der Waals surface area (Å²) in [6.07, 6.45) is -0.385. The van der Waals surface area contributed by atoms with Crippen LogP contribution in [0.3, 0.4) is 0 Å². The van der Waals surface area contributed by atoms with Gasteiger partial charge in [-0.15, -0.1) is 0 Å². The molecule has 2 aliphatic rings. The Labute approximate surface area is 112 Å². The largest absolute Gasteiger partial charge is 0.479 e. The molecule has 1 heterocycles. The first-order valence-electron chi connectivity index (χ1n) is 6.51. The summed E-state index contributed by atoms with van der Waals surface area (Å²) < 4.78 is 5.28. The number of nitrogens with zero attached hydrogens (tertiary/aromatic N) is 1. The van der Waals surface area contributed by atoms with Crippen LogP contribution in [0.4, 0.5) is 4.79 Å². The van der Waals surface area contributed by atoms with Crippen molar-refractivity contribution < 1.29 is 24.5 Å². The molecule has 6 nitrogen and oxygen atoms in total. The number of carbonyl (C=O) groups is 2. The maximum atomic E-state index is 12.2. The van der Waals surface area contributed by atoms with Crippen LogP contribution in [0.5, 0.6) is 0 Å². The zero-order valence-corrected chi connectivity index (χ0v) is 11.7. The van der Waals surface area contributed by atoms with Crippen molar-refractivity contribution in [3.05, 3.63) is 0 Å². The predicted molar refractivity (Wildman–Crippen MR) is 66.6 cm³/mol. The number of piperidine rings is 1. The second kappa shape index (κ2) is 4.10. The van der Waals surface area contributed by atoms with Crippen LogP contribution in [0, 0.1) is 5.92 Å². The summed E-state index contributed by atoms with van der Waals surface area (Å²) in [4.78, 5) is 25.0. The lowest BCUT2D eigenvalue weighted by Crippen LogP contribution is -2.62. The number of rotatable bonds is 1. The number of hydrogen-bond donors (Lipinski definition) is 2. The summed E-state index contributed by atoms with van der Waals surface area (Å²) in [5.74, 6) is -1.27. The summed E-state index contributed by atoms with van der Waals surface area (Å²) in [6.45, 7) is 6.73. The number of ether oxygens (including phenoxy) is 1. The van der Waals surface area contributed by atoms with E-state index in [2.05, 4.69) is 0 Å². The third kappa shape index (κ3) is 2.08. The minimum atomic E-state index is -1.29. The number of fused-ring (bicyclic) bond motifs is 2. The van der Waals surface area contributed by atoms with E-state index < -0.39 is 35.3 Å². The number of hydrogen-bond acceptors (Lipinski definition) is 4. The Morgan fingerprint density at radius 2 is 1.89 bits per heavy atom. The minimum absolute atomic E-state index is 0.225. The van der Waals surface area contributed by atoms with Crippen molar-refractivity contribution in [1.82, 2.24) is 4.90 Å². The van der Waals surface area contributed by atoms with Gasteiger partial charge >= 0.3 is 12.1 Å². The molecule has 1 saturated heterocycles. The highest BCUT2D eigenvalue weighted by Gasteiger charge is 2.64. The zero-order chi connectivity index (χ0) is 14.6. The van der Waals surface area contributed by atoms with Crippen molar-refractivity contribution in [1.29, 1.82) is 0 Å². The third-order valence-corrected chi connectivity index (χ3v) is 4.15. The normalized spacial score (nSPS) is 37.5. The smallest absolute Gasteiger partial charge is 0.411 e. The number of aliphatic carboxylic acids is 1. The van der Waals surface area contributed by atoms with Gasteiger partial charge in [0.1, 0.15) is 11.1 Å². The number of carboxylic acid groups (broad SMARTS) is 1. The number of carbonyl (C=O) groups excluding carboxylic acids is 1. The molecule has 1 aliphatic carbocycles. The van der Waals surface area contributed by atoms with Crippen LogP contribution in [0.2, 0.25) is 0 Å². The predicted octanol–water partition coefficient (Wildman–Crippen LogP) is 1.22. The topological polar surface area (TPSA) is 87.1 Å². The van der Waals surface area contributed by atoms with Crippen LogP contribution in [0.15, 0.2) is 0 Å². The van der Waals surface area contributed by atoms with Gasteiger partial charge in [-0.25, -0.2) is 9.59 Å². The summed E-state index contributed by atoms with van der Waals surface area (Å²) in [5.41, 5.74) is -1.98. The van der Waals surface area contributed by atoms with Gasteiger partial charge in [0.05, 0.1) is 12.1 Å². The van der Waals surface area contributed by atoms with Crippen molar-refractivity contribution in [2.45, 2.75) is 63.8 Å². The average molecular weight is 271 g/mol. The summed E-state index contributed by atoms with van der Waals surface area (Å²) in [5, 5.41) is 19.4. The van der Waals surface area contributed by atoms with Crippen LogP contribution in [0.25, 0.3) is 0 Å². The third-order valence-electron chi connectivity index (χ3n) is 4.15. The second-order valence-electron chi connectivity index (χ2n) is 6.61. The molecule has 2 N–H and O–H groups in total. The number of aliphatic hydroxyl groups is 1. The fraction of sp³-hybridized carbons (Fsp3) is 0.846. The lowest BCUT2D eigenvalue weighted by molar-refractivity contribution is -0.155. The van der Waals surface area contributed by atoms with Crippen molar-refractivity contribution in [3.63, 3.8) is 0 Å². The van der Waals surface area contributed by atoms with E-state index in [1.807, 2.05) is 0 Å². The van der Waals surface area contributed by atoms with Crippen molar-refractivity contribution in [3.8, 4) is 0 Å². The quantitative estimate of drug-likeness (QED) is 0.748. The SMILES string of the molecule is CC(C)(C)OC(=O)N1[C@@H]2C[C@@H](C[C@H]2O)[C@@]1(C)C(=O)O. The highest BCUT2D eigenvalue weighted by Crippen LogP contribution is 2.49. The molecule has 19 heavy (non-hydrogen) atoms. The van der Waals surface area contributed by atoms with Gasteiger partial charge in [-0.3, -0.25) is 4.90 Å². The Kier molecular flexibility index (Phi) is 3.04. The first-order chi connectivity index (χ1) is 8.57. The molecule has 4 atom stereocenters. The van der Waals surface area contributed by atoms with Crippen LogP contribution in [-0.2, 0) is 9.53 Å². The number of aliphatic hydroxyl groups excluding tert-OH is 1. The maximum absolute atomic E-state index is 12.2. The molecule has 1 saturated carbocycles. The Morgan fingerprint density at radius 1 is 1.32 bits per heavy atom. The molecule has 108 valence electrons. The molecule has 0 aromatic heterocycles. The van der Waals surface area contributed by atoms with Crippen molar-refractivity contribution in [2.24, 2.45) is 5.92 Å². The molecule has 0 spiro atoms. The molecule has 0 unspecified atom stereocenters. The molecule has 6 heteroatoms. The van der Waals surface area contributed by atoms with Gasteiger partial charge in [0.25, 0.3) is 0 Å². The van der Waals surface area contributed by atoms with E-state index in [1.165, 1.54) is 11.8 Å². The Bertz CT molecular complexity index is 416. The van der Waals surface area contributed by atoms with E-state index in [0.29, 0.717) is 12.8 Å². The van der Waals surface area contributed by atoms with Crippen LogP contribution in [-0.4, -0.2) is 50.5 Å². The summed E-state index contributed by atoms with van der Waals surface area (Å²) in [6, 6.07) is -0.457. The number of likely N-dealkylation sites (tertiary alicyclic amines) is 1. The van der Waals surface area contributed by atoms with E-state index in [9.17, 15) is 19.8 Å². The molecular weight excluding hydrogens is 250 g/mol. The maximum Gasteiger partial charge on any atom is 0.411 e. The van der Waals surface area contributed by atoms with Gasteiger partial charge in [-0.05, 0) is 46.5 Å². The van der Waals surface area contributed by atoms with Crippen LogP contribution < -0.4 is 0 Å². The molecule has 0 radical (unpaired) electrons. The molecule has 0 aromatic carbocycles. The zero-order valence-electron chi connectivity index (χ0n) is 11.7. The average Bonchev–Trinajstić information content (AvgIpc) is 2.70. The van der Waals surface area contributed by atoms with Gasteiger partial charge in [-0.2, -0.15) is 0 Å². The Balaban J connectivity index is 2.30. The van der Waals surface area contributed by atoms with Gasteiger partial charge < -0.3 is 14.9 Å².